The number of para-hydroxylation sites is 1. The lowest BCUT2D eigenvalue weighted by atomic mass is 10.2. The molecule has 1 heterocycles. The quantitative estimate of drug-likeness (QED) is 0.443. The molecular weight excluding hydrogens is 286 g/mol. The molecule has 0 saturated heterocycles. The molecule has 0 radical (unpaired) electrons. The molecule has 0 aliphatic heterocycles. The molecular formula is C15H13N3O2S. The Morgan fingerprint density at radius 1 is 1.19 bits per heavy atom. The van der Waals surface area contributed by atoms with Crippen molar-refractivity contribution in [2.24, 2.45) is 5.10 Å². The summed E-state index contributed by atoms with van der Waals surface area (Å²) in [7, 11) is 1.79. The number of fused-ring (bicyclic) bond motifs is 1. The SMILES string of the molecule is CN(N=Cc1cc(O)ccc1O)c1nc2ccccc2s1. The largest absolute Gasteiger partial charge is 0.508 e. The number of rotatable bonds is 3. The highest BCUT2D eigenvalue weighted by molar-refractivity contribution is 7.22. The predicted octanol–water partition coefficient (Wildman–Crippen LogP) is 3.18. The van der Waals surface area contributed by atoms with Crippen molar-refractivity contribution in [2.75, 3.05) is 12.1 Å². The summed E-state index contributed by atoms with van der Waals surface area (Å²) in [6.45, 7) is 0. The van der Waals surface area contributed by atoms with E-state index in [9.17, 15) is 10.2 Å². The van der Waals surface area contributed by atoms with E-state index in [4.69, 9.17) is 0 Å². The van der Waals surface area contributed by atoms with Gasteiger partial charge < -0.3 is 10.2 Å². The number of hydrogen-bond acceptors (Lipinski definition) is 6. The molecule has 0 saturated carbocycles. The lowest BCUT2D eigenvalue weighted by molar-refractivity contribution is 0.459. The fourth-order valence-corrected chi connectivity index (χ4v) is 2.73. The topological polar surface area (TPSA) is 69.0 Å². The van der Waals surface area contributed by atoms with Gasteiger partial charge in [0.2, 0.25) is 5.13 Å². The van der Waals surface area contributed by atoms with Gasteiger partial charge in [0.15, 0.2) is 0 Å². The minimum atomic E-state index is 0.0641. The molecule has 0 aliphatic carbocycles. The molecule has 106 valence electrons. The van der Waals surface area contributed by atoms with Crippen LogP contribution in [0.1, 0.15) is 5.56 Å². The maximum Gasteiger partial charge on any atom is 0.206 e. The molecule has 21 heavy (non-hydrogen) atoms. The van der Waals surface area contributed by atoms with Crippen molar-refractivity contribution in [2.45, 2.75) is 0 Å². The molecule has 0 unspecified atom stereocenters. The van der Waals surface area contributed by atoms with E-state index in [1.165, 1.54) is 35.8 Å². The zero-order valence-corrected chi connectivity index (χ0v) is 12.1. The third-order valence-electron chi connectivity index (χ3n) is 2.94. The van der Waals surface area contributed by atoms with Crippen LogP contribution in [-0.2, 0) is 0 Å². The second-order valence-electron chi connectivity index (χ2n) is 4.48. The van der Waals surface area contributed by atoms with Crippen molar-refractivity contribution in [1.29, 1.82) is 0 Å². The number of phenols is 2. The summed E-state index contributed by atoms with van der Waals surface area (Å²) in [6.07, 6.45) is 1.49. The number of hydrogen-bond donors (Lipinski definition) is 2. The van der Waals surface area contributed by atoms with E-state index in [1.807, 2.05) is 24.3 Å². The van der Waals surface area contributed by atoms with Crippen molar-refractivity contribution in [1.82, 2.24) is 4.98 Å². The van der Waals surface area contributed by atoms with Gasteiger partial charge in [-0.25, -0.2) is 9.99 Å². The summed E-state index contributed by atoms with van der Waals surface area (Å²) in [5.74, 6) is 0.145. The molecule has 0 amide bonds. The molecule has 3 rings (SSSR count). The average Bonchev–Trinajstić information content (AvgIpc) is 2.92. The van der Waals surface area contributed by atoms with Crippen LogP contribution in [0.4, 0.5) is 5.13 Å². The summed E-state index contributed by atoms with van der Waals surface area (Å²) >= 11 is 1.54. The van der Waals surface area contributed by atoms with E-state index in [-0.39, 0.29) is 11.5 Å². The van der Waals surface area contributed by atoms with Gasteiger partial charge in [-0.3, -0.25) is 0 Å². The van der Waals surface area contributed by atoms with Gasteiger partial charge in [-0.05, 0) is 30.3 Å². The summed E-state index contributed by atoms with van der Waals surface area (Å²) in [5, 5.41) is 25.8. The van der Waals surface area contributed by atoms with Gasteiger partial charge in [0.25, 0.3) is 0 Å². The Bertz CT molecular complexity index is 781. The molecule has 6 heteroatoms. The zero-order chi connectivity index (χ0) is 14.8. The minimum Gasteiger partial charge on any atom is -0.508 e. The highest BCUT2D eigenvalue weighted by Gasteiger charge is 2.07. The molecule has 0 fully saturated rings. The second-order valence-corrected chi connectivity index (χ2v) is 5.48. The highest BCUT2D eigenvalue weighted by Crippen LogP contribution is 2.28. The smallest absolute Gasteiger partial charge is 0.206 e. The van der Waals surface area contributed by atoms with Crippen LogP contribution in [0, 0.1) is 0 Å². The summed E-state index contributed by atoms with van der Waals surface area (Å²) in [5.41, 5.74) is 1.38. The van der Waals surface area contributed by atoms with Crippen molar-refractivity contribution in [3.05, 3.63) is 48.0 Å². The highest BCUT2D eigenvalue weighted by atomic mass is 32.1. The van der Waals surface area contributed by atoms with E-state index >= 15 is 0 Å². The van der Waals surface area contributed by atoms with Gasteiger partial charge in [-0.15, -0.1) is 0 Å². The van der Waals surface area contributed by atoms with Gasteiger partial charge in [-0.1, -0.05) is 23.5 Å². The number of hydrazone groups is 1. The number of thiazole rings is 1. The van der Waals surface area contributed by atoms with Crippen LogP contribution in [0.25, 0.3) is 10.2 Å². The van der Waals surface area contributed by atoms with E-state index < -0.39 is 0 Å². The Balaban J connectivity index is 1.86. The molecule has 3 aromatic rings. The van der Waals surface area contributed by atoms with Crippen molar-refractivity contribution >= 4 is 32.9 Å². The van der Waals surface area contributed by atoms with E-state index in [0.717, 1.165) is 15.3 Å². The maximum atomic E-state index is 9.70. The van der Waals surface area contributed by atoms with Gasteiger partial charge in [-0.2, -0.15) is 5.10 Å². The first-order chi connectivity index (χ1) is 10.1. The predicted molar refractivity (Wildman–Crippen MR) is 85.4 cm³/mol. The van der Waals surface area contributed by atoms with Crippen molar-refractivity contribution < 1.29 is 10.2 Å². The third kappa shape index (κ3) is 2.80. The molecule has 0 atom stereocenters. The Morgan fingerprint density at radius 3 is 2.81 bits per heavy atom. The van der Waals surface area contributed by atoms with E-state index in [1.54, 1.807) is 12.1 Å². The van der Waals surface area contributed by atoms with Crippen LogP contribution in [-0.4, -0.2) is 28.5 Å². The second kappa shape index (κ2) is 5.41. The number of anilines is 1. The Kier molecular flexibility index (Phi) is 3.45. The summed E-state index contributed by atoms with van der Waals surface area (Å²) < 4.78 is 1.09. The normalized spacial score (nSPS) is 11.3. The van der Waals surface area contributed by atoms with Gasteiger partial charge in [0, 0.05) is 12.6 Å². The fraction of sp³-hybridized carbons (Fsp3) is 0.0667. The molecule has 0 aliphatic rings. The van der Waals surface area contributed by atoms with E-state index in [2.05, 4.69) is 10.1 Å². The molecule has 2 aromatic carbocycles. The third-order valence-corrected chi connectivity index (χ3v) is 4.04. The average molecular weight is 299 g/mol. The minimum absolute atomic E-state index is 0.0641. The maximum absolute atomic E-state index is 9.70. The molecule has 2 N–H and O–H groups in total. The molecule has 1 aromatic heterocycles. The van der Waals surface area contributed by atoms with Crippen LogP contribution in [0.5, 0.6) is 11.5 Å². The zero-order valence-electron chi connectivity index (χ0n) is 11.3. The monoisotopic (exact) mass is 299 g/mol. The first-order valence-corrected chi connectivity index (χ1v) is 7.10. The van der Waals surface area contributed by atoms with Crippen molar-refractivity contribution in [3.63, 3.8) is 0 Å². The number of nitrogens with zero attached hydrogens (tertiary/aromatic N) is 3. The Labute approximate surface area is 125 Å². The summed E-state index contributed by atoms with van der Waals surface area (Å²) in [6, 6.07) is 12.2. The Morgan fingerprint density at radius 2 is 2.00 bits per heavy atom. The molecule has 0 bridgehead atoms. The van der Waals surface area contributed by atoms with Crippen LogP contribution in [0.3, 0.4) is 0 Å². The van der Waals surface area contributed by atoms with Crippen LogP contribution in [0.2, 0.25) is 0 Å². The van der Waals surface area contributed by atoms with Gasteiger partial charge in [0.1, 0.15) is 11.5 Å². The van der Waals surface area contributed by atoms with Crippen LogP contribution < -0.4 is 5.01 Å². The van der Waals surface area contributed by atoms with Crippen LogP contribution >= 0.6 is 11.3 Å². The first kappa shape index (κ1) is 13.4. The molecule has 0 spiro atoms. The number of benzene rings is 2. The first-order valence-electron chi connectivity index (χ1n) is 6.29. The van der Waals surface area contributed by atoms with Gasteiger partial charge >= 0.3 is 0 Å². The lowest BCUT2D eigenvalue weighted by Crippen LogP contribution is -2.08. The number of aromatic nitrogens is 1. The molecule has 5 nitrogen and oxygen atoms in total. The number of aromatic hydroxyl groups is 2. The van der Waals surface area contributed by atoms with E-state index in [0.29, 0.717) is 5.56 Å². The van der Waals surface area contributed by atoms with Crippen LogP contribution in [0.15, 0.2) is 47.6 Å². The number of phenolic OH excluding ortho intramolecular Hbond substituents is 2. The summed E-state index contributed by atoms with van der Waals surface area (Å²) in [4.78, 5) is 4.48. The van der Waals surface area contributed by atoms with Gasteiger partial charge in [0.05, 0.1) is 16.4 Å². The standard InChI is InChI=1S/C15H13N3O2S/c1-18(15-17-12-4-2-3-5-14(12)21-15)16-9-10-8-11(19)6-7-13(10)20/h2-9,19-20H,1H3. The fourth-order valence-electron chi connectivity index (χ4n) is 1.84. The lowest BCUT2D eigenvalue weighted by Gasteiger charge is -2.08. The van der Waals surface area contributed by atoms with Crippen molar-refractivity contribution in [3.8, 4) is 11.5 Å². The Hall–Kier alpha value is -2.60.